The zero-order valence-electron chi connectivity index (χ0n) is 9.09. The third kappa shape index (κ3) is 1.89. The van der Waals surface area contributed by atoms with Gasteiger partial charge in [-0.3, -0.25) is 0 Å². The lowest BCUT2D eigenvalue weighted by atomic mass is 10.1. The zero-order chi connectivity index (χ0) is 11.2. The molecule has 1 aromatic carbocycles. The molecule has 1 aliphatic carbocycles. The standard InChI is InChI=1S/C13H15BrN2/c14-11-3-1-2-9-8-10(16-12(9)11)4-5-13(15)6-7-13/h1-3,8,16H,4-7,15H2. The molecule has 1 heterocycles. The van der Waals surface area contributed by atoms with Crippen molar-refractivity contribution < 1.29 is 0 Å². The van der Waals surface area contributed by atoms with Crippen LogP contribution in [0.1, 0.15) is 25.0 Å². The minimum Gasteiger partial charge on any atom is -0.357 e. The van der Waals surface area contributed by atoms with Gasteiger partial charge in [0.1, 0.15) is 0 Å². The van der Waals surface area contributed by atoms with Gasteiger partial charge in [0.05, 0.1) is 5.52 Å². The molecule has 84 valence electrons. The number of benzene rings is 1. The summed E-state index contributed by atoms with van der Waals surface area (Å²) in [5.74, 6) is 0. The van der Waals surface area contributed by atoms with Gasteiger partial charge in [0, 0.05) is 21.1 Å². The SMILES string of the molecule is NC1(CCc2cc3cccc(Br)c3[nH]2)CC1. The first kappa shape index (κ1) is 10.4. The van der Waals surface area contributed by atoms with Crippen LogP contribution in [0.3, 0.4) is 0 Å². The minimum atomic E-state index is 0.147. The summed E-state index contributed by atoms with van der Waals surface area (Å²) in [6.07, 6.45) is 4.53. The molecule has 1 aromatic heterocycles. The second-order valence-electron chi connectivity index (χ2n) is 4.86. The van der Waals surface area contributed by atoms with Gasteiger partial charge in [0.25, 0.3) is 0 Å². The van der Waals surface area contributed by atoms with Gasteiger partial charge in [-0.1, -0.05) is 12.1 Å². The highest BCUT2D eigenvalue weighted by Crippen LogP contribution is 2.36. The quantitative estimate of drug-likeness (QED) is 0.888. The summed E-state index contributed by atoms with van der Waals surface area (Å²) < 4.78 is 1.13. The van der Waals surface area contributed by atoms with Crippen molar-refractivity contribution in [2.24, 2.45) is 5.73 Å². The number of nitrogens with two attached hydrogens (primary N) is 1. The van der Waals surface area contributed by atoms with Crippen LogP contribution in [0.2, 0.25) is 0 Å². The predicted molar refractivity (Wildman–Crippen MR) is 70.5 cm³/mol. The van der Waals surface area contributed by atoms with Gasteiger partial charge in [-0.25, -0.2) is 0 Å². The molecule has 0 radical (unpaired) electrons. The Morgan fingerprint density at radius 3 is 2.88 bits per heavy atom. The van der Waals surface area contributed by atoms with Gasteiger partial charge in [-0.05, 0) is 53.7 Å². The number of H-pyrrole nitrogens is 1. The number of rotatable bonds is 3. The molecule has 3 rings (SSSR count). The summed E-state index contributed by atoms with van der Waals surface area (Å²) in [5, 5.41) is 1.27. The summed E-state index contributed by atoms with van der Waals surface area (Å²) >= 11 is 3.56. The number of aromatic nitrogens is 1. The van der Waals surface area contributed by atoms with Gasteiger partial charge < -0.3 is 10.7 Å². The van der Waals surface area contributed by atoms with Crippen molar-refractivity contribution in [1.82, 2.24) is 4.98 Å². The van der Waals surface area contributed by atoms with E-state index < -0.39 is 0 Å². The summed E-state index contributed by atoms with van der Waals surface area (Å²) in [7, 11) is 0. The Balaban J connectivity index is 1.85. The highest BCUT2D eigenvalue weighted by atomic mass is 79.9. The molecule has 0 saturated heterocycles. The van der Waals surface area contributed by atoms with Crippen LogP contribution < -0.4 is 5.73 Å². The van der Waals surface area contributed by atoms with E-state index in [0.29, 0.717) is 0 Å². The summed E-state index contributed by atoms with van der Waals surface area (Å²) in [5.41, 5.74) is 8.73. The lowest BCUT2D eigenvalue weighted by Crippen LogP contribution is -2.22. The highest BCUT2D eigenvalue weighted by molar-refractivity contribution is 9.10. The van der Waals surface area contributed by atoms with E-state index in [1.54, 1.807) is 0 Å². The fourth-order valence-corrected chi connectivity index (χ4v) is 2.59. The first-order valence-electron chi connectivity index (χ1n) is 5.71. The van der Waals surface area contributed by atoms with E-state index in [4.69, 9.17) is 5.73 Å². The van der Waals surface area contributed by atoms with Crippen LogP contribution in [-0.2, 0) is 6.42 Å². The molecule has 2 aromatic rings. The normalized spacial score (nSPS) is 17.9. The topological polar surface area (TPSA) is 41.8 Å². The second kappa shape index (κ2) is 3.60. The van der Waals surface area contributed by atoms with Gasteiger partial charge in [-0.15, -0.1) is 0 Å². The molecule has 3 heteroatoms. The van der Waals surface area contributed by atoms with Crippen molar-refractivity contribution in [3.05, 3.63) is 34.4 Å². The number of halogens is 1. The Hall–Kier alpha value is -0.800. The van der Waals surface area contributed by atoms with Gasteiger partial charge in [0.15, 0.2) is 0 Å². The summed E-state index contributed by atoms with van der Waals surface area (Å²) in [6.45, 7) is 0. The molecular weight excluding hydrogens is 264 g/mol. The second-order valence-corrected chi connectivity index (χ2v) is 5.72. The minimum absolute atomic E-state index is 0.147. The predicted octanol–water partition coefficient (Wildman–Crippen LogP) is 3.35. The molecule has 0 unspecified atom stereocenters. The Morgan fingerprint density at radius 1 is 1.38 bits per heavy atom. The number of aryl methyl sites for hydroxylation is 1. The van der Waals surface area contributed by atoms with Crippen molar-refractivity contribution in [3.8, 4) is 0 Å². The highest BCUT2D eigenvalue weighted by Gasteiger charge is 2.37. The molecule has 0 spiro atoms. The average Bonchev–Trinajstić information content (AvgIpc) is 2.84. The van der Waals surface area contributed by atoms with Crippen molar-refractivity contribution in [1.29, 1.82) is 0 Å². The summed E-state index contributed by atoms with van der Waals surface area (Å²) in [4.78, 5) is 3.46. The van der Waals surface area contributed by atoms with Crippen molar-refractivity contribution in [2.75, 3.05) is 0 Å². The van der Waals surface area contributed by atoms with E-state index in [1.807, 2.05) is 0 Å². The fraction of sp³-hybridized carbons (Fsp3) is 0.385. The first-order chi connectivity index (χ1) is 7.66. The zero-order valence-corrected chi connectivity index (χ0v) is 10.7. The maximum Gasteiger partial charge on any atom is 0.0600 e. The first-order valence-corrected chi connectivity index (χ1v) is 6.51. The van der Waals surface area contributed by atoms with Crippen LogP contribution in [0, 0.1) is 0 Å². The molecule has 0 bridgehead atoms. The molecule has 1 saturated carbocycles. The largest absolute Gasteiger partial charge is 0.357 e. The smallest absolute Gasteiger partial charge is 0.0600 e. The molecule has 0 aliphatic heterocycles. The molecule has 0 amide bonds. The van der Waals surface area contributed by atoms with Crippen LogP contribution in [-0.4, -0.2) is 10.5 Å². The third-order valence-electron chi connectivity index (χ3n) is 3.45. The fourth-order valence-electron chi connectivity index (χ4n) is 2.11. The Labute approximate surface area is 103 Å². The van der Waals surface area contributed by atoms with Crippen LogP contribution in [0.4, 0.5) is 0 Å². The number of aromatic amines is 1. The van der Waals surface area contributed by atoms with Crippen molar-refractivity contribution in [3.63, 3.8) is 0 Å². The van der Waals surface area contributed by atoms with E-state index in [2.05, 4.69) is 45.2 Å². The maximum absolute atomic E-state index is 6.10. The van der Waals surface area contributed by atoms with Gasteiger partial charge in [-0.2, -0.15) is 0 Å². The molecule has 3 N–H and O–H groups in total. The molecular formula is C13H15BrN2. The Kier molecular flexibility index (Phi) is 2.33. The monoisotopic (exact) mass is 278 g/mol. The third-order valence-corrected chi connectivity index (χ3v) is 4.11. The average molecular weight is 279 g/mol. The van der Waals surface area contributed by atoms with Crippen LogP contribution in [0.15, 0.2) is 28.7 Å². The van der Waals surface area contributed by atoms with E-state index in [0.717, 1.165) is 17.3 Å². The molecule has 1 fully saturated rings. The number of para-hydroxylation sites is 1. The maximum atomic E-state index is 6.10. The number of hydrogen-bond donors (Lipinski definition) is 2. The van der Waals surface area contributed by atoms with E-state index >= 15 is 0 Å². The Morgan fingerprint density at radius 2 is 2.19 bits per heavy atom. The molecule has 16 heavy (non-hydrogen) atoms. The summed E-state index contributed by atoms with van der Waals surface area (Å²) in [6, 6.07) is 8.49. The van der Waals surface area contributed by atoms with E-state index in [-0.39, 0.29) is 5.54 Å². The molecule has 0 atom stereocenters. The van der Waals surface area contributed by atoms with Crippen LogP contribution >= 0.6 is 15.9 Å². The van der Waals surface area contributed by atoms with Gasteiger partial charge >= 0.3 is 0 Å². The number of fused-ring (bicyclic) bond motifs is 1. The molecule has 1 aliphatic rings. The van der Waals surface area contributed by atoms with Gasteiger partial charge in [0.2, 0.25) is 0 Å². The van der Waals surface area contributed by atoms with Crippen molar-refractivity contribution in [2.45, 2.75) is 31.2 Å². The number of hydrogen-bond acceptors (Lipinski definition) is 1. The van der Waals surface area contributed by atoms with Crippen LogP contribution in [0.25, 0.3) is 10.9 Å². The molecule has 2 nitrogen and oxygen atoms in total. The van der Waals surface area contributed by atoms with E-state index in [9.17, 15) is 0 Å². The van der Waals surface area contributed by atoms with Crippen molar-refractivity contribution >= 4 is 26.8 Å². The number of nitrogens with one attached hydrogen (secondary N) is 1. The lowest BCUT2D eigenvalue weighted by molar-refractivity contribution is 0.605. The Bertz CT molecular complexity index is 526. The van der Waals surface area contributed by atoms with Crippen LogP contribution in [0.5, 0.6) is 0 Å². The van der Waals surface area contributed by atoms with E-state index in [1.165, 1.54) is 29.4 Å². The lowest BCUT2D eigenvalue weighted by Gasteiger charge is -2.05.